The Labute approximate surface area is 195 Å². The first-order chi connectivity index (χ1) is 15.4. The second-order valence-corrected chi connectivity index (χ2v) is 10.4. The van der Waals surface area contributed by atoms with Gasteiger partial charge in [-0.25, -0.2) is 18.2 Å². The number of carbonyl (C=O) groups is 1. The summed E-state index contributed by atoms with van der Waals surface area (Å²) >= 11 is 7.57. The molecule has 3 aromatic rings. The second kappa shape index (κ2) is 9.58. The molecule has 0 atom stereocenters. The SMILES string of the molecule is COc1cccc(-c2nc(COC(=O)c3ccc(Cl)c(S(=O)(=O)N4CCCC4)c3)cs2)c1. The number of ether oxygens (including phenoxy) is 2. The van der Waals surface area contributed by atoms with Gasteiger partial charge in [0.15, 0.2) is 0 Å². The summed E-state index contributed by atoms with van der Waals surface area (Å²) < 4.78 is 37.7. The summed E-state index contributed by atoms with van der Waals surface area (Å²) in [5, 5.41) is 2.67. The molecule has 0 N–H and O–H groups in total. The van der Waals surface area contributed by atoms with Crippen LogP contribution in [0.25, 0.3) is 10.6 Å². The Balaban J connectivity index is 1.46. The predicted molar refractivity (Wildman–Crippen MR) is 123 cm³/mol. The lowest BCUT2D eigenvalue weighted by molar-refractivity contribution is 0.0468. The molecule has 7 nitrogen and oxygen atoms in total. The van der Waals surface area contributed by atoms with Crippen LogP contribution in [-0.4, -0.2) is 43.9 Å². The number of rotatable bonds is 7. The molecule has 0 saturated carbocycles. The van der Waals surface area contributed by atoms with Crippen molar-refractivity contribution >= 4 is 38.9 Å². The smallest absolute Gasteiger partial charge is 0.338 e. The Morgan fingerprint density at radius 3 is 2.72 bits per heavy atom. The number of sulfonamides is 1. The molecule has 1 fully saturated rings. The molecule has 4 rings (SSSR count). The highest BCUT2D eigenvalue weighted by atomic mass is 35.5. The van der Waals surface area contributed by atoms with Gasteiger partial charge in [-0.15, -0.1) is 11.3 Å². The molecule has 2 heterocycles. The van der Waals surface area contributed by atoms with Gasteiger partial charge < -0.3 is 9.47 Å². The van der Waals surface area contributed by atoms with E-state index in [1.54, 1.807) is 7.11 Å². The van der Waals surface area contributed by atoms with Crippen LogP contribution in [0.1, 0.15) is 28.9 Å². The second-order valence-electron chi connectivity index (χ2n) is 7.21. The lowest BCUT2D eigenvalue weighted by Crippen LogP contribution is -2.28. The number of thiazole rings is 1. The molecule has 1 aliphatic rings. The Morgan fingerprint density at radius 1 is 1.19 bits per heavy atom. The Bertz CT molecular complexity index is 1240. The van der Waals surface area contributed by atoms with Crippen LogP contribution in [0.4, 0.5) is 0 Å². The molecule has 1 aliphatic heterocycles. The maximum Gasteiger partial charge on any atom is 0.338 e. The third kappa shape index (κ3) is 4.80. The van der Waals surface area contributed by atoms with E-state index < -0.39 is 16.0 Å². The van der Waals surface area contributed by atoms with Crippen molar-refractivity contribution in [3.63, 3.8) is 0 Å². The van der Waals surface area contributed by atoms with Gasteiger partial charge in [0.05, 0.1) is 23.4 Å². The van der Waals surface area contributed by atoms with Crippen molar-refractivity contribution in [1.82, 2.24) is 9.29 Å². The van der Waals surface area contributed by atoms with Crippen LogP contribution in [0.15, 0.2) is 52.7 Å². The van der Waals surface area contributed by atoms with Crippen LogP contribution in [0, 0.1) is 0 Å². The zero-order valence-electron chi connectivity index (χ0n) is 17.3. The van der Waals surface area contributed by atoms with Crippen LogP contribution in [-0.2, 0) is 21.4 Å². The molecular weight excluding hydrogens is 472 g/mol. The summed E-state index contributed by atoms with van der Waals surface area (Å²) in [4.78, 5) is 17.0. The van der Waals surface area contributed by atoms with Gasteiger partial charge in [0.2, 0.25) is 10.0 Å². The number of aromatic nitrogens is 1. The summed E-state index contributed by atoms with van der Waals surface area (Å²) in [5.74, 6) is 0.0866. The number of hydrogen-bond acceptors (Lipinski definition) is 7. The molecule has 1 aromatic heterocycles. The van der Waals surface area contributed by atoms with Gasteiger partial charge in [-0.2, -0.15) is 4.31 Å². The van der Waals surface area contributed by atoms with Crippen LogP contribution in [0.3, 0.4) is 0 Å². The molecule has 0 spiro atoms. The summed E-state index contributed by atoms with van der Waals surface area (Å²) in [5.41, 5.74) is 1.62. The Kier molecular flexibility index (Phi) is 6.80. The van der Waals surface area contributed by atoms with Crippen molar-refractivity contribution in [3.05, 3.63) is 64.1 Å². The van der Waals surface area contributed by atoms with Crippen molar-refractivity contribution in [2.75, 3.05) is 20.2 Å². The van der Waals surface area contributed by atoms with Crippen molar-refractivity contribution < 1.29 is 22.7 Å². The average molecular weight is 493 g/mol. The van der Waals surface area contributed by atoms with E-state index in [2.05, 4.69) is 4.98 Å². The van der Waals surface area contributed by atoms with Crippen molar-refractivity contribution in [2.45, 2.75) is 24.3 Å². The Morgan fingerprint density at radius 2 is 1.97 bits per heavy atom. The number of methoxy groups -OCH3 is 1. The van der Waals surface area contributed by atoms with E-state index in [1.165, 1.54) is 33.8 Å². The highest BCUT2D eigenvalue weighted by molar-refractivity contribution is 7.89. The fourth-order valence-electron chi connectivity index (χ4n) is 3.38. The van der Waals surface area contributed by atoms with E-state index in [0.717, 1.165) is 29.2 Å². The minimum Gasteiger partial charge on any atom is -0.497 e. The number of esters is 1. The highest BCUT2D eigenvalue weighted by Gasteiger charge is 2.30. The lowest BCUT2D eigenvalue weighted by Gasteiger charge is -2.17. The summed E-state index contributed by atoms with van der Waals surface area (Å²) in [7, 11) is -2.15. The highest BCUT2D eigenvalue weighted by Crippen LogP contribution is 2.29. The lowest BCUT2D eigenvalue weighted by atomic mass is 10.2. The fraction of sp³-hybridized carbons (Fsp3) is 0.273. The molecule has 0 amide bonds. The number of hydrogen-bond donors (Lipinski definition) is 0. The van der Waals surface area contributed by atoms with Gasteiger partial charge >= 0.3 is 5.97 Å². The normalized spacial score (nSPS) is 14.4. The molecule has 1 saturated heterocycles. The topological polar surface area (TPSA) is 85.8 Å². The monoisotopic (exact) mass is 492 g/mol. The van der Waals surface area contributed by atoms with Gasteiger partial charge in [-0.1, -0.05) is 23.7 Å². The van der Waals surface area contributed by atoms with Gasteiger partial charge in [0.1, 0.15) is 22.3 Å². The number of benzene rings is 2. The van der Waals surface area contributed by atoms with Gasteiger partial charge in [-0.05, 0) is 43.2 Å². The first kappa shape index (κ1) is 22.7. The molecule has 0 radical (unpaired) electrons. The number of nitrogens with zero attached hydrogens (tertiary/aromatic N) is 2. The summed E-state index contributed by atoms with van der Waals surface area (Å²) in [6.45, 7) is 0.871. The van der Waals surface area contributed by atoms with Gasteiger partial charge in [0, 0.05) is 24.0 Å². The van der Waals surface area contributed by atoms with E-state index in [4.69, 9.17) is 21.1 Å². The van der Waals surface area contributed by atoms with E-state index >= 15 is 0 Å². The van der Waals surface area contributed by atoms with Crippen LogP contribution >= 0.6 is 22.9 Å². The largest absolute Gasteiger partial charge is 0.497 e. The summed E-state index contributed by atoms with van der Waals surface area (Å²) in [6.07, 6.45) is 1.62. The third-order valence-electron chi connectivity index (χ3n) is 5.07. The molecule has 32 heavy (non-hydrogen) atoms. The fourth-order valence-corrected chi connectivity index (χ4v) is 6.20. The summed E-state index contributed by atoms with van der Waals surface area (Å²) in [6, 6.07) is 11.7. The van der Waals surface area contributed by atoms with E-state index in [0.29, 0.717) is 18.8 Å². The van der Waals surface area contributed by atoms with Gasteiger partial charge in [-0.3, -0.25) is 0 Å². The molecule has 168 valence electrons. The maximum atomic E-state index is 12.9. The minimum atomic E-state index is -3.75. The van der Waals surface area contributed by atoms with Crippen LogP contribution in [0.5, 0.6) is 5.75 Å². The van der Waals surface area contributed by atoms with Crippen molar-refractivity contribution in [1.29, 1.82) is 0 Å². The van der Waals surface area contributed by atoms with Crippen molar-refractivity contribution in [3.8, 4) is 16.3 Å². The molecule has 0 unspecified atom stereocenters. The van der Waals surface area contributed by atoms with Crippen molar-refractivity contribution in [2.24, 2.45) is 0 Å². The van der Waals surface area contributed by atoms with Crippen LogP contribution < -0.4 is 4.74 Å². The van der Waals surface area contributed by atoms with Crippen LogP contribution in [0.2, 0.25) is 5.02 Å². The Hall–Kier alpha value is -2.46. The zero-order chi connectivity index (χ0) is 22.7. The van der Waals surface area contributed by atoms with Gasteiger partial charge in [0.25, 0.3) is 0 Å². The average Bonchev–Trinajstić information content (AvgIpc) is 3.50. The standard InChI is InChI=1S/C22H21ClN2O5S2/c1-29-18-6-4-5-15(11-18)21-24-17(14-31-21)13-30-22(26)16-7-8-19(23)20(12-16)32(27,28)25-9-2-3-10-25/h4-8,11-12,14H,2-3,9-10,13H2,1H3. The predicted octanol–water partition coefficient (Wildman–Crippen LogP) is 4.61. The molecular formula is C22H21ClN2O5S2. The molecule has 0 bridgehead atoms. The molecule has 2 aromatic carbocycles. The number of carbonyl (C=O) groups excluding carboxylic acids is 1. The zero-order valence-corrected chi connectivity index (χ0v) is 19.7. The minimum absolute atomic E-state index is 0.0316. The maximum absolute atomic E-state index is 12.9. The first-order valence-electron chi connectivity index (χ1n) is 9.94. The number of halogens is 1. The van der Waals surface area contributed by atoms with E-state index in [9.17, 15) is 13.2 Å². The molecule has 0 aliphatic carbocycles. The third-order valence-corrected chi connectivity index (χ3v) is 8.39. The van der Waals surface area contributed by atoms with E-state index in [1.807, 2.05) is 29.6 Å². The quantitative estimate of drug-likeness (QED) is 0.447. The van der Waals surface area contributed by atoms with E-state index in [-0.39, 0.29) is 22.1 Å². The molecule has 10 heteroatoms. The first-order valence-corrected chi connectivity index (χ1v) is 12.6.